The second-order valence-corrected chi connectivity index (χ2v) is 4.92. The number of cyclic esters (lactones) is 1. The Morgan fingerprint density at radius 1 is 1.05 bits per heavy atom. The summed E-state index contributed by atoms with van der Waals surface area (Å²) >= 11 is 0. The third-order valence-electron chi connectivity index (χ3n) is 3.31. The quantitative estimate of drug-likeness (QED) is 0.673. The first-order valence-electron chi connectivity index (χ1n) is 6.64. The van der Waals surface area contributed by atoms with E-state index in [9.17, 15) is 9.90 Å². The zero-order valence-corrected chi connectivity index (χ0v) is 11.5. The zero-order chi connectivity index (χ0) is 14.8. The maximum atomic E-state index is 11.9. The van der Waals surface area contributed by atoms with Crippen molar-refractivity contribution in [3.05, 3.63) is 76.9 Å². The van der Waals surface area contributed by atoms with Crippen molar-refractivity contribution in [2.75, 3.05) is 0 Å². The van der Waals surface area contributed by atoms with Gasteiger partial charge in [0.05, 0.1) is 5.57 Å². The van der Waals surface area contributed by atoms with E-state index in [1.165, 1.54) is 0 Å². The summed E-state index contributed by atoms with van der Waals surface area (Å²) in [4.78, 5) is 11.9. The molecule has 3 heteroatoms. The fourth-order valence-electron chi connectivity index (χ4n) is 2.13. The molecule has 0 amide bonds. The van der Waals surface area contributed by atoms with Gasteiger partial charge >= 0.3 is 5.97 Å². The van der Waals surface area contributed by atoms with E-state index in [0.717, 1.165) is 11.1 Å². The first-order valence-corrected chi connectivity index (χ1v) is 6.64. The van der Waals surface area contributed by atoms with E-state index in [1.807, 2.05) is 31.2 Å². The molecular formula is C18H14O3. The normalized spacial score (nSPS) is 16.0. The molecule has 2 aromatic carbocycles. The van der Waals surface area contributed by atoms with E-state index in [1.54, 1.807) is 36.4 Å². The fourth-order valence-corrected chi connectivity index (χ4v) is 2.13. The van der Waals surface area contributed by atoms with Crippen LogP contribution in [0.3, 0.4) is 0 Å². The summed E-state index contributed by atoms with van der Waals surface area (Å²) in [6, 6.07) is 14.6. The molecule has 0 saturated heterocycles. The number of hydrogen-bond acceptors (Lipinski definition) is 3. The van der Waals surface area contributed by atoms with Crippen LogP contribution in [0.5, 0.6) is 5.75 Å². The van der Waals surface area contributed by atoms with E-state index in [-0.39, 0.29) is 5.75 Å². The average molecular weight is 278 g/mol. The number of para-hydroxylation sites is 1. The van der Waals surface area contributed by atoms with Gasteiger partial charge in [-0.1, -0.05) is 48.0 Å². The Kier molecular flexibility index (Phi) is 3.32. The number of esters is 1. The molecule has 3 nitrogen and oxygen atoms in total. The van der Waals surface area contributed by atoms with Crippen molar-refractivity contribution in [2.24, 2.45) is 0 Å². The largest absolute Gasteiger partial charge is 0.507 e. The molecule has 0 aromatic heterocycles. The number of carbonyl (C=O) groups excluding carboxylic acids is 1. The molecule has 3 rings (SSSR count). The molecule has 0 spiro atoms. The van der Waals surface area contributed by atoms with Gasteiger partial charge in [0.2, 0.25) is 0 Å². The van der Waals surface area contributed by atoms with Gasteiger partial charge in [-0.25, -0.2) is 4.79 Å². The number of rotatable bonds is 2. The molecule has 0 aliphatic carbocycles. The Morgan fingerprint density at radius 3 is 2.48 bits per heavy atom. The van der Waals surface area contributed by atoms with E-state index < -0.39 is 5.97 Å². The molecule has 1 heterocycles. The lowest BCUT2D eigenvalue weighted by atomic mass is 10.1. The molecule has 2 aromatic rings. The molecule has 1 aliphatic rings. The molecule has 1 aliphatic heterocycles. The Hall–Kier alpha value is -2.81. The first kappa shape index (κ1) is 13.2. The first-order chi connectivity index (χ1) is 10.1. The molecular weight excluding hydrogens is 264 g/mol. The Bertz CT molecular complexity index is 752. The van der Waals surface area contributed by atoms with Crippen LogP contribution in [0.15, 0.2) is 60.2 Å². The monoisotopic (exact) mass is 278 g/mol. The van der Waals surface area contributed by atoms with Crippen LogP contribution in [0.1, 0.15) is 16.7 Å². The highest BCUT2D eigenvalue weighted by Gasteiger charge is 2.22. The van der Waals surface area contributed by atoms with Gasteiger partial charge in [-0.2, -0.15) is 0 Å². The number of aromatic hydroxyl groups is 1. The fraction of sp³-hybridized carbons (Fsp3) is 0.0556. The average Bonchev–Trinajstić information content (AvgIpc) is 2.83. The third kappa shape index (κ3) is 2.72. The van der Waals surface area contributed by atoms with E-state index >= 15 is 0 Å². The number of aryl methyl sites for hydroxylation is 1. The minimum absolute atomic E-state index is 0.134. The number of phenolic OH excluding ortho intramolecular Hbond substituents is 1. The molecule has 1 N–H and O–H groups in total. The summed E-state index contributed by atoms with van der Waals surface area (Å²) < 4.78 is 5.28. The van der Waals surface area contributed by atoms with Crippen LogP contribution in [-0.2, 0) is 9.53 Å². The van der Waals surface area contributed by atoms with Crippen LogP contribution in [0.4, 0.5) is 0 Å². The predicted octanol–water partition coefficient (Wildman–Crippen LogP) is 3.68. The van der Waals surface area contributed by atoms with Crippen molar-refractivity contribution in [2.45, 2.75) is 6.92 Å². The van der Waals surface area contributed by atoms with Crippen molar-refractivity contribution < 1.29 is 14.6 Å². The highest BCUT2D eigenvalue weighted by atomic mass is 16.5. The summed E-state index contributed by atoms with van der Waals surface area (Å²) in [5.41, 5.74) is 3.02. The second-order valence-electron chi connectivity index (χ2n) is 4.92. The molecule has 0 bridgehead atoms. The summed E-state index contributed by atoms with van der Waals surface area (Å²) in [6.07, 6.45) is 3.32. The molecule has 0 atom stereocenters. The molecule has 0 fully saturated rings. The Labute approximate surface area is 122 Å². The standard InChI is InChI=1S/C18H14O3/c1-12-6-8-13(9-7-12)17-11-15(18(20)21-17)10-14-4-2-3-5-16(14)19/h2-11,19H,1H3/b15-10+. The summed E-state index contributed by atoms with van der Waals surface area (Å²) in [5, 5.41) is 9.75. The van der Waals surface area contributed by atoms with Gasteiger partial charge in [0.1, 0.15) is 11.5 Å². The van der Waals surface area contributed by atoms with Gasteiger partial charge < -0.3 is 9.84 Å². The summed E-state index contributed by atoms with van der Waals surface area (Å²) in [6.45, 7) is 2.00. The minimum atomic E-state index is -0.408. The SMILES string of the molecule is Cc1ccc(C2=C/C(=C\c3ccccc3O)C(=O)O2)cc1. The maximum Gasteiger partial charge on any atom is 0.343 e. The molecule has 0 saturated carbocycles. The Balaban J connectivity index is 1.96. The lowest BCUT2D eigenvalue weighted by Gasteiger charge is -2.01. The number of phenols is 1. The van der Waals surface area contributed by atoms with Crippen LogP contribution in [-0.4, -0.2) is 11.1 Å². The van der Waals surface area contributed by atoms with Crippen LogP contribution >= 0.6 is 0 Å². The van der Waals surface area contributed by atoms with Gasteiger partial charge in [0.25, 0.3) is 0 Å². The van der Waals surface area contributed by atoms with Gasteiger partial charge in [0.15, 0.2) is 0 Å². The molecule has 0 radical (unpaired) electrons. The van der Waals surface area contributed by atoms with Gasteiger partial charge in [-0.3, -0.25) is 0 Å². The highest BCUT2D eigenvalue weighted by molar-refractivity contribution is 6.05. The van der Waals surface area contributed by atoms with E-state index in [2.05, 4.69) is 0 Å². The smallest absolute Gasteiger partial charge is 0.343 e. The minimum Gasteiger partial charge on any atom is -0.507 e. The van der Waals surface area contributed by atoms with Gasteiger partial charge in [-0.05, 0) is 25.1 Å². The van der Waals surface area contributed by atoms with Crippen molar-refractivity contribution in [3.63, 3.8) is 0 Å². The van der Waals surface area contributed by atoms with Crippen LogP contribution < -0.4 is 0 Å². The van der Waals surface area contributed by atoms with Crippen LogP contribution in [0.2, 0.25) is 0 Å². The lowest BCUT2D eigenvalue weighted by molar-refractivity contribution is -0.130. The number of benzene rings is 2. The predicted molar refractivity (Wildman–Crippen MR) is 81.3 cm³/mol. The molecule has 104 valence electrons. The third-order valence-corrected chi connectivity index (χ3v) is 3.31. The number of carbonyl (C=O) groups is 1. The topological polar surface area (TPSA) is 46.5 Å². The summed E-state index contributed by atoms with van der Waals surface area (Å²) in [7, 11) is 0. The maximum absolute atomic E-state index is 11.9. The van der Waals surface area contributed by atoms with Gasteiger partial charge in [0, 0.05) is 11.1 Å². The van der Waals surface area contributed by atoms with Crippen molar-refractivity contribution >= 4 is 17.8 Å². The lowest BCUT2D eigenvalue weighted by Crippen LogP contribution is -1.97. The van der Waals surface area contributed by atoms with Crippen LogP contribution in [0.25, 0.3) is 11.8 Å². The zero-order valence-electron chi connectivity index (χ0n) is 11.5. The van der Waals surface area contributed by atoms with Crippen molar-refractivity contribution in [1.29, 1.82) is 0 Å². The van der Waals surface area contributed by atoms with E-state index in [0.29, 0.717) is 16.9 Å². The van der Waals surface area contributed by atoms with Crippen LogP contribution in [0, 0.1) is 6.92 Å². The molecule has 21 heavy (non-hydrogen) atoms. The van der Waals surface area contributed by atoms with Gasteiger partial charge in [-0.15, -0.1) is 0 Å². The second kappa shape index (κ2) is 5.29. The highest BCUT2D eigenvalue weighted by Crippen LogP contribution is 2.29. The van der Waals surface area contributed by atoms with E-state index in [4.69, 9.17) is 4.74 Å². The van der Waals surface area contributed by atoms with Crippen molar-refractivity contribution in [3.8, 4) is 5.75 Å². The number of ether oxygens (including phenoxy) is 1. The number of hydrogen-bond donors (Lipinski definition) is 1. The summed E-state index contributed by atoms with van der Waals surface area (Å²) in [5.74, 6) is 0.255. The van der Waals surface area contributed by atoms with Crippen molar-refractivity contribution in [1.82, 2.24) is 0 Å². The Morgan fingerprint density at radius 2 is 1.76 bits per heavy atom. The molecule has 0 unspecified atom stereocenters.